The number of nitrogens with one attached hydrogen (secondary N) is 19. The van der Waals surface area contributed by atoms with Crippen LogP contribution in [0.1, 0.15) is 122 Å². The summed E-state index contributed by atoms with van der Waals surface area (Å²) in [7, 11) is 0. The van der Waals surface area contributed by atoms with Crippen LogP contribution in [0.2, 0.25) is 0 Å². The number of nitrogens with two attached hydrogens (primary N) is 6. The topological polar surface area (TPSA) is 778 Å². The number of para-hydroxylation sites is 2. The maximum atomic E-state index is 15.3. The minimum absolute atomic E-state index is 0.00463. The summed E-state index contributed by atoms with van der Waals surface area (Å²) in [5.41, 5.74) is 35.3. The Balaban J connectivity index is 1.38. The van der Waals surface area contributed by atoms with E-state index in [2.05, 4.69) is 120 Å². The second-order valence-electron chi connectivity index (χ2n) is 31.8. The minimum atomic E-state index is -1.93. The molecule has 0 unspecified atom stereocenters. The number of primary amides is 4. The number of carbonyl (C=O) groups is 19. The van der Waals surface area contributed by atoms with E-state index in [9.17, 15) is 91.7 Å². The Morgan fingerprint density at radius 1 is 0.429 bits per heavy atom. The van der Waals surface area contributed by atoms with Crippen LogP contribution in [0.3, 0.4) is 0 Å². The van der Waals surface area contributed by atoms with Crippen LogP contribution < -0.4 is 119 Å². The molecule has 3 aromatic carbocycles. The molecule has 49 heteroatoms. The van der Waals surface area contributed by atoms with Crippen LogP contribution in [0.15, 0.2) is 85.2 Å². The van der Waals surface area contributed by atoms with Gasteiger partial charge < -0.3 is 144 Å². The van der Waals surface area contributed by atoms with Gasteiger partial charge in [0.15, 0.2) is 5.96 Å². The molecule has 0 bridgehead atoms. The van der Waals surface area contributed by atoms with Gasteiger partial charge in [-0.15, -0.1) is 0 Å². The third-order valence-corrected chi connectivity index (χ3v) is 21.2. The number of H-pyrrole nitrogens is 2. The van der Waals surface area contributed by atoms with E-state index < -0.39 is 266 Å². The van der Waals surface area contributed by atoms with Crippen LogP contribution in [0.5, 0.6) is 5.75 Å². The van der Waals surface area contributed by atoms with E-state index in [-0.39, 0.29) is 69.7 Å². The maximum absolute atomic E-state index is 15.3. The fraction of sp³-hybridized carbons (Fsp3) is 0.500. The predicted molar refractivity (Wildman–Crippen MR) is 490 cm³/mol. The smallest absolute Gasteiger partial charge is 0.246 e. The summed E-state index contributed by atoms with van der Waals surface area (Å²) >= 11 is 8.47. The molecule has 133 heavy (non-hydrogen) atoms. The molecule has 33 N–H and O–H groups in total. The van der Waals surface area contributed by atoms with Crippen LogP contribution in [0.25, 0.3) is 21.8 Å². The van der Waals surface area contributed by atoms with E-state index in [0.29, 0.717) is 57.9 Å². The number of hydrogen-bond acceptors (Lipinski definition) is 26. The fourth-order valence-corrected chi connectivity index (χ4v) is 14.1. The molecule has 5 aromatic rings. The zero-order chi connectivity index (χ0) is 98.7. The van der Waals surface area contributed by atoms with Crippen molar-refractivity contribution >= 4 is 165 Å². The van der Waals surface area contributed by atoms with Crippen molar-refractivity contribution in [1.82, 2.24) is 95.0 Å². The minimum Gasteiger partial charge on any atom is -0.508 e. The number of aromatic amines is 2. The van der Waals surface area contributed by atoms with Gasteiger partial charge in [0.25, 0.3) is 0 Å². The summed E-state index contributed by atoms with van der Waals surface area (Å²) in [5, 5.41) is 70.4. The average molecular weight is 1900 g/mol. The number of amides is 19. The van der Waals surface area contributed by atoms with Gasteiger partial charge in [-0.05, 0) is 112 Å². The molecule has 0 radical (unpaired) electrons. The summed E-state index contributed by atoms with van der Waals surface area (Å²) in [4.78, 5) is 264. The Kier molecular flexibility index (Phi) is 46.4. The Hall–Kier alpha value is -13.7. The lowest BCUT2D eigenvalue weighted by atomic mass is 10.0. The molecule has 19 amide bonds. The number of benzene rings is 3. The zero-order valence-corrected chi connectivity index (χ0v) is 76.0. The van der Waals surface area contributed by atoms with Crippen molar-refractivity contribution in [2.24, 2.45) is 40.3 Å². The van der Waals surface area contributed by atoms with Gasteiger partial charge in [-0.2, -0.15) is 25.3 Å². The van der Waals surface area contributed by atoms with Crippen LogP contribution >= 0.6 is 25.3 Å². The first kappa shape index (κ1) is 110. The average Bonchev–Trinajstić information content (AvgIpc) is 1.67. The largest absolute Gasteiger partial charge is 0.508 e. The molecule has 0 aliphatic carbocycles. The predicted octanol–water partition coefficient (Wildman–Crippen LogP) is -7.46. The number of guanidine groups is 1. The molecule has 0 aliphatic rings. The first-order valence-electron chi connectivity index (χ1n) is 42.7. The number of carbonyl (C=O) groups excluding carboxylic acids is 19. The molecule has 0 saturated heterocycles. The molecule has 0 spiro atoms. The number of fused-ring (bicyclic) bond motifs is 2. The molecule has 0 aliphatic heterocycles. The quantitative estimate of drug-likeness (QED) is 0.00744. The Labute approximate surface area is 776 Å². The number of thiol groups is 2. The van der Waals surface area contributed by atoms with E-state index in [0.717, 1.165) is 13.8 Å². The molecular formula is C84H123N25O22S2. The highest BCUT2D eigenvalue weighted by Gasteiger charge is 2.39. The summed E-state index contributed by atoms with van der Waals surface area (Å²) in [6.07, 6.45) is -1.77. The van der Waals surface area contributed by atoms with Gasteiger partial charge in [0.2, 0.25) is 112 Å². The van der Waals surface area contributed by atoms with E-state index in [4.69, 9.17) is 44.5 Å². The second-order valence-corrected chi connectivity index (χ2v) is 32.6. The van der Waals surface area contributed by atoms with E-state index in [1.54, 1.807) is 68.6 Å². The highest BCUT2D eigenvalue weighted by molar-refractivity contribution is 7.80. The van der Waals surface area contributed by atoms with Gasteiger partial charge >= 0.3 is 0 Å². The van der Waals surface area contributed by atoms with Crippen LogP contribution in [0.4, 0.5) is 0 Å². The first-order chi connectivity index (χ1) is 63.0. The van der Waals surface area contributed by atoms with Crippen molar-refractivity contribution in [3.05, 3.63) is 102 Å². The molecule has 2 aromatic heterocycles. The summed E-state index contributed by atoms with van der Waals surface area (Å²) in [5.74, 6) is -20.1. The number of aromatic hydroxyl groups is 1. The molecule has 0 fully saturated rings. The van der Waals surface area contributed by atoms with E-state index >= 15 is 9.59 Å². The lowest BCUT2D eigenvalue weighted by Crippen LogP contribution is -2.62. The maximum Gasteiger partial charge on any atom is 0.246 e. The lowest BCUT2D eigenvalue weighted by Gasteiger charge is -2.29. The first-order valence-corrected chi connectivity index (χ1v) is 44.0. The second kappa shape index (κ2) is 56.1. The van der Waals surface area contributed by atoms with Gasteiger partial charge in [0, 0.05) is 110 Å². The third kappa shape index (κ3) is 38.7. The van der Waals surface area contributed by atoms with Crippen molar-refractivity contribution in [3.63, 3.8) is 0 Å². The number of phenolic OH excluding ortho intramolecular Hbond substituents is 1. The van der Waals surface area contributed by atoms with Gasteiger partial charge in [-0.25, -0.2) is 0 Å². The van der Waals surface area contributed by atoms with Crippen molar-refractivity contribution in [1.29, 1.82) is 5.41 Å². The molecule has 2 heterocycles. The Morgan fingerprint density at radius 2 is 0.880 bits per heavy atom. The molecule has 5 rings (SSSR count). The van der Waals surface area contributed by atoms with E-state index in [1.807, 2.05) is 0 Å². The zero-order valence-electron chi connectivity index (χ0n) is 74.2. The van der Waals surface area contributed by atoms with Gasteiger partial charge in [0.05, 0.1) is 25.7 Å². The SMILES string of the molecule is CC(=O)N[C@@H](CS)C(=O)N[C@@H](CCC(N)=O)C(=O)N[C@H](C(=O)N[C@@H](Cc1c[nH]c2ccccc12)C(=O)N[C@@H](CCC(N)=O)C(=O)N[C@@H](CS)C(=O)N[C@@H](Cc1ccc(O)cc1)C(=O)N[C@@H](Cc1c[nH]c2ccccc12)C(=O)N[C@@H](CCCNC(=N)N)C(=O)N[C@@H](C)CC(=O)N[C@H](C(=O)N[C@@H](CC(N)=O)C(=O)NCC(=O)NCCOCC(=O)N[C@H](CCCCN)C(N)=O)C(C)C)[C@@H](C)O. The van der Waals surface area contributed by atoms with Gasteiger partial charge in [-0.3, -0.25) is 96.5 Å². The molecule has 728 valence electrons. The van der Waals surface area contributed by atoms with Crippen LogP contribution in [-0.2, 0) is 115 Å². The Bertz CT molecular complexity index is 4900. The fourth-order valence-electron chi connectivity index (χ4n) is 13.5. The number of phenols is 1. The van der Waals surface area contributed by atoms with Crippen LogP contribution in [-0.4, -0.2) is 274 Å². The van der Waals surface area contributed by atoms with Gasteiger partial charge in [0.1, 0.15) is 84.9 Å². The molecule has 47 nitrogen and oxygen atoms in total. The molecule has 0 saturated carbocycles. The van der Waals surface area contributed by atoms with Crippen molar-refractivity contribution in [3.8, 4) is 5.75 Å². The van der Waals surface area contributed by atoms with Crippen molar-refractivity contribution in [2.45, 2.75) is 209 Å². The summed E-state index contributed by atoms with van der Waals surface area (Å²) < 4.78 is 5.27. The number of unbranched alkanes of at least 4 members (excludes halogenated alkanes) is 1. The third-order valence-electron chi connectivity index (χ3n) is 20.5. The van der Waals surface area contributed by atoms with Gasteiger partial charge in [-0.1, -0.05) is 62.4 Å². The number of rotatable bonds is 60. The number of aliphatic hydroxyl groups excluding tert-OH is 1. The molecule has 14 atom stereocenters. The lowest BCUT2D eigenvalue weighted by molar-refractivity contribution is -0.137. The highest BCUT2D eigenvalue weighted by atomic mass is 32.1. The normalized spacial score (nSPS) is 14.3. The number of aliphatic hydroxyl groups is 1. The highest BCUT2D eigenvalue weighted by Crippen LogP contribution is 2.23. The Morgan fingerprint density at radius 3 is 1.37 bits per heavy atom. The number of hydrogen-bond donors (Lipinski definition) is 29. The van der Waals surface area contributed by atoms with E-state index in [1.165, 1.54) is 37.4 Å². The monoisotopic (exact) mass is 1900 g/mol. The van der Waals surface area contributed by atoms with Crippen molar-refractivity contribution in [2.75, 3.05) is 50.9 Å². The molecular weight excluding hydrogens is 1780 g/mol. The summed E-state index contributed by atoms with van der Waals surface area (Å²) in [6.45, 7) is 5.68. The number of ether oxygens (including phenoxy) is 1. The standard InChI is InChI=1S/C84H123N25O22S2/c1-42(2)70(82(129)106-61(35-66(88)115)73(120)96-38-68(117)92-29-30-131-39-69(118)99-54(72(89)119)17-10-11-27-85)108-67(116)31-43(3)97-74(121)55(18-12-28-93-84(90)91)100-78(125)59(33-47-36-94-52-15-8-6-13-50(47)52)104-77(124)58(32-46-19-21-49(112)22-20-46)103-81(128)63(41-133)107-75(122)56(23-25-64(86)113)101-79(126)60(34-48-37-95-53-16-9-7-14-51(48)53)105-83(130)71(44(4)110)109-76(123)57(24-26-65(87)114)102-80(127)62(40-132)98-45(5)111/h6-9,13-16,19-22,36-37,42-44,54-63,70-71,94-95,110,112,132-133H,10-12,17-18,23-35,38-41,85H2,1-5H3,(H2,86,113)(H2,87,114)(H2,88,115)(H2,89,119)(H,92,117)(H,96,120)(H,97,121)(H,98,111)(H,99,118)(H,100,125)(H,101,126)(H,102,127)(H,103,128)(H,104,124)(H,105,130)(H,106,129)(H,107,122)(H,108,116)(H,109,123)(H4,90,91,93)/t43-,44+,54+,55-,56-,57-,58-,59-,60-,61-,62-,63-,70-,71-/m0/s1. The number of aromatic nitrogens is 2. The summed E-state index contributed by atoms with van der Waals surface area (Å²) in [6, 6.07) is -0.872. The van der Waals surface area contributed by atoms with Crippen LogP contribution in [0, 0.1) is 11.3 Å². The van der Waals surface area contributed by atoms with Crippen molar-refractivity contribution < 1.29 is 106 Å².